The highest BCUT2D eigenvalue weighted by Crippen LogP contribution is 2.25. The molecule has 2 rings (SSSR count). The van der Waals surface area contributed by atoms with Gasteiger partial charge in [-0.25, -0.2) is 4.79 Å². The molecule has 5 nitrogen and oxygen atoms in total. The summed E-state index contributed by atoms with van der Waals surface area (Å²) < 4.78 is 5.25. The van der Waals surface area contributed by atoms with Gasteiger partial charge in [-0.1, -0.05) is 12.1 Å². The van der Waals surface area contributed by atoms with E-state index in [-0.39, 0.29) is 6.03 Å². The van der Waals surface area contributed by atoms with Gasteiger partial charge in [-0.2, -0.15) is 0 Å². The third-order valence-electron chi connectivity index (χ3n) is 2.77. The molecule has 1 heterocycles. The zero-order valence-corrected chi connectivity index (χ0v) is 9.93. The maximum absolute atomic E-state index is 12.1. The molecular weight excluding hydrogens is 218 g/mol. The quantitative estimate of drug-likeness (QED) is 0.805. The van der Waals surface area contributed by atoms with Crippen molar-refractivity contribution in [1.82, 2.24) is 4.90 Å². The maximum Gasteiger partial charge on any atom is 0.326 e. The van der Waals surface area contributed by atoms with Crippen molar-refractivity contribution in [2.45, 2.75) is 6.92 Å². The predicted octanol–water partition coefficient (Wildman–Crippen LogP) is 1.50. The fourth-order valence-electron chi connectivity index (χ4n) is 1.86. The highest BCUT2D eigenvalue weighted by atomic mass is 16.5. The van der Waals surface area contributed by atoms with Crippen LogP contribution in [0, 0.1) is 0 Å². The van der Waals surface area contributed by atoms with E-state index in [1.54, 1.807) is 15.9 Å². The van der Waals surface area contributed by atoms with E-state index in [0.717, 1.165) is 5.69 Å². The van der Waals surface area contributed by atoms with Crippen molar-refractivity contribution >= 4 is 17.4 Å². The molecule has 2 N–H and O–H groups in total. The Bertz CT molecular complexity index is 408. The van der Waals surface area contributed by atoms with E-state index in [4.69, 9.17) is 10.5 Å². The lowest BCUT2D eigenvalue weighted by Gasteiger charge is -2.19. The van der Waals surface area contributed by atoms with Crippen molar-refractivity contribution in [3.05, 3.63) is 24.3 Å². The Hall–Kier alpha value is -1.75. The van der Waals surface area contributed by atoms with Crippen LogP contribution in [0.4, 0.5) is 16.2 Å². The Morgan fingerprint density at radius 2 is 2.12 bits per heavy atom. The molecule has 0 bridgehead atoms. The van der Waals surface area contributed by atoms with Crippen LogP contribution >= 0.6 is 0 Å². The second-order valence-corrected chi connectivity index (χ2v) is 3.88. The van der Waals surface area contributed by atoms with Crippen molar-refractivity contribution < 1.29 is 9.53 Å². The van der Waals surface area contributed by atoms with Crippen LogP contribution in [0.15, 0.2) is 24.3 Å². The van der Waals surface area contributed by atoms with Crippen LogP contribution in [-0.2, 0) is 4.74 Å². The number of anilines is 2. The lowest BCUT2D eigenvalue weighted by molar-refractivity contribution is 0.0665. The molecule has 1 aromatic carbocycles. The van der Waals surface area contributed by atoms with E-state index in [0.29, 0.717) is 32.1 Å². The van der Waals surface area contributed by atoms with Gasteiger partial charge in [-0.3, -0.25) is 9.80 Å². The van der Waals surface area contributed by atoms with E-state index in [1.165, 1.54) is 0 Å². The number of hydrogen-bond acceptors (Lipinski definition) is 3. The summed E-state index contributed by atoms with van der Waals surface area (Å²) >= 11 is 0. The first-order valence-corrected chi connectivity index (χ1v) is 5.72. The van der Waals surface area contributed by atoms with E-state index in [2.05, 4.69) is 0 Å². The number of nitrogen functional groups attached to an aromatic ring is 1. The molecule has 0 aliphatic carbocycles. The Morgan fingerprint density at radius 1 is 1.35 bits per heavy atom. The van der Waals surface area contributed by atoms with E-state index < -0.39 is 0 Å². The second-order valence-electron chi connectivity index (χ2n) is 3.88. The zero-order valence-electron chi connectivity index (χ0n) is 9.93. The molecule has 92 valence electrons. The summed E-state index contributed by atoms with van der Waals surface area (Å²) in [5, 5.41) is 0. The molecule has 1 saturated heterocycles. The number of ether oxygens (including phenoxy) is 1. The molecule has 0 spiro atoms. The molecule has 5 heteroatoms. The minimum atomic E-state index is -0.0450. The molecule has 1 aromatic rings. The van der Waals surface area contributed by atoms with Crippen LogP contribution in [0.25, 0.3) is 0 Å². The molecule has 0 unspecified atom stereocenters. The fourth-order valence-corrected chi connectivity index (χ4v) is 1.86. The summed E-state index contributed by atoms with van der Waals surface area (Å²) in [6.45, 7) is 4.19. The lowest BCUT2D eigenvalue weighted by atomic mass is 10.2. The topological polar surface area (TPSA) is 58.8 Å². The van der Waals surface area contributed by atoms with Crippen molar-refractivity contribution in [2.24, 2.45) is 0 Å². The number of hydrogen-bond donors (Lipinski definition) is 1. The monoisotopic (exact) mass is 235 g/mol. The van der Waals surface area contributed by atoms with Gasteiger partial charge < -0.3 is 10.5 Å². The van der Waals surface area contributed by atoms with Gasteiger partial charge in [0.05, 0.1) is 11.4 Å². The highest BCUT2D eigenvalue weighted by Gasteiger charge is 2.30. The normalized spacial score (nSPS) is 15.7. The largest absolute Gasteiger partial charge is 0.397 e. The third kappa shape index (κ3) is 2.34. The average Bonchev–Trinajstić information content (AvgIpc) is 2.69. The van der Waals surface area contributed by atoms with Gasteiger partial charge in [-0.15, -0.1) is 0 Å². The summed E-state index contributed by atoms with van der Waals surface area (Å²) in [6, 6.07) is 7.35. The van der Waals surface area contributed by atoms with Crippen molar-refractivity contribution in [2.75, 3.05) is 37.1 Å². The number of carbonyl (C=O) groups is 1. The van der Waals surface area contributed by atoms with Crippen LogP contribution in [0.5, 0.6) is 0 Å². The van der Waals surface area contributed by atoms with Crippen LogP contribution in [0.1, 0.15) is 6.92 Å². The highest BCUT2D eigenvalue weighted by molar-refractivity contribution is 5.96. The predicted molar refractivity (Wildman–Crippen MR) is 66.8 cm³/mol. The smallest absolute Gasteiger partial charge is 0.326 e. The van der Waals surface area contributed by atoms with Crippen LogP contribution in [-0.4, -0.2) is 37.4 Å². The van der Waals surface area contributed by atoms with E-state index in [1.807, 2.05) is 25.1 Å². The van der Waals surface area contributed by atoms with Gasteiger partial charge in [-0.05, 0) is 19.1 Å². The number of benzene rings is 1. The number of nitrogens with two attached hydrogens (primary N) is 1. The van der Waals surface area contributed by atoms with E-state index >= 15 is 0 Å². The Labute approximate surface area is 101 Å². The zero-order chi connectivity index (χ0) is 12.3. The molecule has 0 saturated carbocycles. The van der Waals surface area contributed by atoms with Gasteiger partial charge >= 0.3 is 6.03 Å². The van der Waals surface area contributed by atoms with Gasteiger partial charge in [0.1, 0.15) is 6.73 Å². The summed E-state index contributed by atoms with van der Waals surface area (Å²) in [4.78, 5) is 15.4. The van der Waals surface area contributed by atoms with Gasteiger partial charge in [0.25, 0.3) is 0 Å². The molecule has 1 aliphatic heterocycles. The fraction of sp³-hybridized carbons (Fsp3) is 0.417. The minimum Gasteiger partial charge on any atom is -0.397 e. The second kappa shape index (κ2) is 5.05. The molecule has 2 amide bonds. The molecule has 0 radical (unpaired) electrons. The summed E-state index contributed by atoms with van der Waals surface area (Å²) in [5.41, 5.74) is 7.26. The molecule has 1 aliphatic rings. The van der Waals surface area contributed by atoms with Crippen molar-refractivity contribution in [3.63, 3.8) is 0 Å². The summed E-state index contributed by atoms with van der Waals surface area (Å²) in [5.74, 6) is 0. The number of carbonyl (C=O) groups excluding carboxylic acids is 1. The van der Waals surface area contributed by atoms with Gasteiger partial charge in [0.15, 0.2) is 0 Å². The lowest BCUT2D eigenvalue weighted by Crippen LogP contribution is -2.33. The van der Waals surface area contributed by atoms with Gasteiger partial charge in [0.2, 0.25) is 0 Å². The van der Waals surface area contributed by atoms with Crippen LogP contribution in [0.2, 0.25) is 0 Å². The molecule has 0 atom stereocenters. The Balaban J connectivity index is 2.10. The van der Waals surface area contributed by atoms with Gasteiger partial charge in [0, 0.05) is 19.7 Å². The van der Waals surface area contributed by atoms with Crippen LogP contribution in [0.3, 0.4) is 0 Å². The molecule has 0 aromatic heterocycles. The third-order valence-corrected chi connectivity index (χ3v) is 2.77. The van der Waals surface area contributed by atoms with Crippen molar-refractivity contribution in [3.8, 4) is 0 Å². The first-order chi connectivity index (χ1) is 8.24. The summed E-state index contributed by atoms with van der Waals surface area (Å²) in [6.07, 6.45) is 0. The number of amides is 2. The first-order valence-electron chi connectivity index (χ1n) is 5.72. The Morgan fingerprint density at radius 3 is 2.82 bits per heavy atom. The minimum absolute atomic E-state index is 0.0450. The maximum atomic E-state index is 12.1. The number of urea groups is 1. The molecule has 17 heavy (non-hydrogen) atoms. The number of rotatable bonds is 4. The van der Waals surface area contributed by atoms with Crippen molar-refractivity contribution in [1.29, 1.82) is 0 Å². The van der Waals surface area contributed by atoms with Crippen LogP contribution < -0.4 is 10.6 Å². The molecular formula is C12H17N3O2. The SMILES string of the molecule is CCOCN1CCN(c2ccccc2N)C1=O. The standard InChI is InChI=1S/C12H17N3O2/c1-2-17-9-14-7-8-15(12(14)16)11-6-4-3-5-10(11)13/h3-6H,2,7-9,13H2,1H3. The average molecular weight is 235 g/mol. The molecule has 1 fully saturated rings. The Kier molecular flexibility index (Phi) is 3.49. The summed E-state index contributed by atoms with van der Waals surface area (Å²) in [7, 11) is 0. The van der Waals surface area contributed by atoms with E-state index in [9.17, 15) is 4.79 Å². The number of nitrogens with zero attached hydrogens (tertiary/aromatic N) is 2. The first kappa shape index (κ1) is 11.7. The number of para-hydroxylation sites is 2.